The van der Waals surface area contributed by atoms with Gasteiger partial charge in [0.15, 0.2) is 6.29 Å². The summed E-state index contributed by atoms with van der Waals surface area (Å²) in [7, 11) is 0. The van der Waals surface area contributed by atoms with Crippen LogP contribution >= 0.6 is 11.6 Å². The summed E-state index contributed by atoms with van der Waals surface area (Å²) < 4.78 is 11.1. The maximum absolute atomic E-state index is 10.2. The molecule has 1 heterocycles. The van der Waals surface area contributed by atoms with Crippen LogP contribution in [0.4, 0.5) is 5.82 Å². The second-order valence-corrected chi connectivity index (χ2v) is 6.30. The van der Waals surface area contributed by atoms with Crippen LogP contribution in [0, 0.1) is 5.92 Å². The summed E-state index contributed by atoms with van der Waals surface area (Å²) >= 11 is 6.23. The van der Waals surface area contributed by atoms with Crippen molar-refractivity contribution in [3.8, 4) is 0 Å². The summed E-state index contributed by atoms with van der Waals surface area (Å²) in [6.07, 6.45) is -0.385. The molecule has 1 saturated carbocycles. The average molecular weight is 376 g/mol. The highest BCUT2D eigenvalue weighted by molar-refractivity contribution is 6.30. The molecule has 8 nitrogen and oxygen atoms in total. The van der Waals surface area contributed by atoms with Crippen LogP contribution in [0.2, 0.25) is 5.15 Å². The third kappa shape index (κ3) is 4.99. The molecule has 0 radical (unpaired) electrons. The molecule has 142 valence electrons. The quantitative estimate of drug-likeness (QED) is 0.366. The van der Waals surface area contributed by atoms with Crippen LogP contribution in [0.25, 0.3) is 0 Å². The van der Waals surface area contributed by atoms with Crippen molar-refractivity contribution in [2.45, 2.75) is 51.2 Å². The van der Waals surface area contributed by atoms with Gasteiger partial charge in [0.1, 0.15) is 23.4 Å². The van der Waals surface area contributed by atoms with E-state index in [2.05, 4.69) is 15.3 Å². The Balaban J connectivity index is 2.17. The monoisotopic (exact) mass is 375 g/mol. The molecule has 0 aromatic carbocycles. The van der Waals surface area contributed by atoms with Gasteiger partial charge in [0.25, 0.3) is 0 Å². The number of ether oxygens (including phenoxy) is 2. The summed E-state index contributed by atoms with van der Waals surface area (Å²) in [5, 5.41) is 32.8. The first-order chi connectivity index (χ1) is 12.0. The second kappa shape index (κ2) is 9.61. The third-order valence-corrected chi connectivity index (χ3v) is 4.65. The van der Waals surface area contributed by atoms with E-state index in [0.29, 0.717) is 37.4 Å². The normalized spacial score (nSPS) is 26.4. The van der Waals surface area contributed by atoms with Gasteiger partial charge >= 0.3 is 0 Å². The van der Waals surface area contributed by atoms with Gasteiger partial charge in [-0.25, -0.2) is 9.97 Å². The molecule has 2 rings (SSSR count). The van der Waals surface area contributed by atoms with Gasteiger partial charge in [0, 0.05) is 37.7 Å². The van der Waals surface area contributed by atoms with Crippen molar-refractivity contribution in [3.63, 3.8) is 0 Å². The van der Waals surface area contributed by atoms with E-state index in [4.69, 9.17) is 21.1 Å². The van der Waals surface area contributed by atoms with E-state index >= 15 is 0 Å². The highest BCUT2D eigenvalue weighted by Gasteiger charge is 2.41. The fraction of sp³-hybridized carbons (Fsp3) is 0.750. The van der Waals surface area contributed by atoms with Crippen molar-refractivity contribution < 1.29 is 24.8 Å². The molecule has 0 unspecified atom stereocenters. The Bertz CT molecular complexity index is 545. The molecule has 4 atom stereocenters. The molecule has 0 amide bonds. The molecule has 1 aliphatic rings. The predicted molar refractivity (Wildman–Crippen MR) is 92.4 cm³/mol. The van der Waals surface area contributed by atoms with Gasteiger partial charge in [-0.3, -0.25) is 0 Å². The number of aromatic nitrogens is 2. The van der Waals surface area contributed by atoms with Crippen molar-refractivity contribution >= 4 is 17.4 Å². The molecule has 0 aliphatic heterocycles. The molecule has 1 fully saturated rings. The molecule has 25 heavy (non-hydrogen) atoms. The largest absolute Gasteiger partial charge is 0.396 e. The number of aliphatic hydroxyl groups is 3. The average Bonchev–Trinajstić information content (AvgIpc) is 2.86. The molecule has 9 heteroatoms. The number of hydrogen-bond acceptors (Lipinski definition) is 8. The first kappa shape index (κ1) is 20.3. The predicted octanol–water partition coefficient (Wildman–Crippen LogP) is 0.586. The van der Waals surface area contributed by atoms with Crippen LogP contribution in [-0.4, -0.2) is 69.6 Å². The molecule has 0 saturated heterocycles. The van der Waals surface area contributed by atoms with E-state index in [1.54, 1.807) is 0 Å². The second-order valence-electron chi connectivity index (χ2n) is 5.95. The maximum atomic E-state index is 10.2. The molecular formula is C16H26ClN3O5. The first-order valence-electron chi connectivity index (χ1n) is 8.47. The topological polar surface area (TPSA) is 117 Å². The highest BCUT2D eigenvalue weighted by Crippen LogP contribution is 2.31. The molecule has 1 aliphatic carbocycles. The van der Waals surface area contributed by atoms with Gasteiger partial charge in [-0.15, -0.1) is 0 Å². The first-order valence-corrected chi connectivity index (χ1v) is 8.85. The lowest BCUT2D eigenvalue weighted by molar-refractivity contribution is -0.134. The van der Waals surface area contributed by atoms with Gasteiger partial charge in [0.2, 0.25) is 0 Å². The summed E-state index contributed by atoms with van der Waals surface area (Å²) in [5.74, 6) is 0.0760. The zero-order chi connectivity index (χ0) is 18.4. The van der Waals surface area contributed by atoms with Gasteiger partial charge < -0.3 is 30.1 Å². The van der Waals surface area contributed by atoms with Gasteiger partial charge in [-0.1, -0.05) is 11.6 Å². The van der Waals surface area contributed by atoms with Crippen molar-refractivity contribution in [2.24, 2.45) is 5.92 Å². The lowest BCUT2D eigenvalue weighted by Crippen LogP contribution is -2.36. The number of halogens is 1. The molecule has 1 aromatic rings. The minimum atomic E-state index is -1.01. The fourth-order valence-electron chi connectivity index (χ4n) is 3.02. The van der Waals surface area contributed by atoms with E-state index in [1.807, 2.05) is 13.8 Å². The number of nitrogens with one attached hydrogen (secondary N) is 1. The zero-order valence-electron chi connectivity index (χ0n) is 14.4. The van der Waals surface area contributed by atoms with Crippen molar-refractivity contribution in [1.29, 1.82) is 0 Å². The number of nitrogens with zero attached hydrogens (tertiary/aromatic N) is 2. The van der Waals surface area contributed by atoms with Crippen molar-refractivity contribution in [2.75, 3.05) is 25.1 Å². The van der Waals surface area contributed by atoms with E-state index in [9.17, 15) is 15.3 Å². The summed E-state index contributed by atoms with van der Waals surface area (Å²) in [6, 6.07) is -0.450. The van der Waals surface area contributed by atoms with Gasteiger partial charge in [0.05, 0.1) is 12.1 Å². The molecule has 0 spiro atoms. The number of rotatable bonds is 9. The standard InChI is InChI=1S/C16H26ClN3O5/c1-3-24-12(25-4-2)6-10-15(17)18-8-19-16(10)20-11-5-9(7-21)13(22)14(11)23/h8-9,11-14,21-23H,3-7H2,1-2H3,(H,18,19,20)/t9-,11-,13-,14+/m1/s1. The third-order valence-electron chi connectivity index (χ3n) is 4.33. The SMILES string of the molecule is CCOC(Cc1c(Cl)ncnc1N[C@@H]1C[C@H](CO)[C@@H](O)[C@H]1O)OCC. The Morgan fingerprint density at radius 1 is 1.24 bits per heavy atom. The minimum absolute atomic E-state index is 0.190. The Hall–Kier alpha value is -1.03. The van der Waals surface area contributed by atoms with E-state index in [1.165, 1.54) is 6.33 Å². The maximum Gasteiger partial charge on any atom is 0.161 e. The highest BCUT2D eigenvalue weighted by atomic mass is 35.5. The van der Waals surface area contributed by atoms with Crippen LogP contribution in [0.5, 0.6) is 0 Å². The van der Waals surface area contributed by atoms with Crippen molar-refractivity contribution in [1.82, 2.24) is 9.97 Å². The zero-order valence-corrected chi connectivity index (χ0v) is 15.2. The lowest BCUT2D eigenvalue weighted by atomic mass is 10.1. The number of anilines is 1. The molecule has 1 aromatic heterocycles. The summed E-state index contributed by atoms with van der Waals surface area (Å²) in [6.45, 7) is 4.54. The Kier molecular flexibility index (Phi) is 7.80. The Labute approximate surface area is 152 Å². The Morgan fingerprint density at radius 2 is 1.92 bits per heavy atom. The van der Waals surface area contributed by atoms with Crippen LogP contribution in [0.3, 0.4) is 0 Å². The van der Waals surface area contributed by atoms with Gasteiger partial charge in [-0.05, 0) is 20.3 Å². The Morgan fingerprint density at radius 3 is 2.48 bits per heavy atom. The fourth-order valence-corrected chi connectivity index (χ4v) is 3.24. The summed E-state index contributed by atoms with van der Waals surface area (Å²) in [5.41, 5.74) is 0.616. The molecule has 4 N–H and O–H groups in total. The van der Waals surface area contributed by atoms with E-state index in [-0.39, 0.29) is 17.7 Å². The van der Waals surface area contributed by atoms with Crippen LogP contribution < -0.4 is 5.32 Å². The molecular weight excluding hydrogens is 350 g/mol. The minimum Gasteiger partial charge on any atom is -0.396 e. The molecule has 0 bridgehead atoms. The number of aliphatic hydroxyl groups excluding tert-OH is 3. The van der Waals surface area contributed by atoms with Gasteiger partial charge in [-0.2, -0.15) is 0 Å². The van der Waals surface area contributed by atoms with E-state index in [0.717, 1.165) is 0 Å². The van der Waals surface area contributed by atoms with Crippen LogP contribution in [0.15, 0.2) is 6.33 Å². The van der Waals surface area contributed by atoms with Crippen LogP contribution in [-0.2, 0) is 15.9 Å². The van der Waals surface area contributed by atoms with Crippen LogP contribution in [0.1, 0.15) is 25.8 Å². The number of hydrogen-bond donors (Lipinski definition) is 4. The van der Waals surface area contributed by atoms with E-state index < -0.39 is 24.5 Å². The lowest BCUT2D eigenvalue weighted by Gasteiger charge is -2.22. The van der Waals surface area contributed by atoms with Crippen molar-refractivity contribution in [3.05, 3.63) is 17.0 Å². The summed E-state index contributed by atoms with van der Waals surface area (Å²) in [4.78, 5) is 8.22. The smallest absolute Gasteiger partial charge is 0.161 e.